The molecule has 3 nitrogen and oxygen atoms in total. The summed E-state index contributed by atoms with van der Waals surface area (Å²) in [5.74, 6) is -0.00970. The smallest absolute Gasteiger partial charge is 0.253 e. The lowest BCUT2D eigenvalue weighted by Crippen LogP contribution is -2.29. The Hall–Kier alpha value is -1.29. The molecule has 0 aliphatic heterocycles. The van der Waals surface area contributed by atoms with E-state index in [4.69, 9.17) is 0 Å². The van der Waals surface area contributed by atoms with E-state index in [1.54, 1.807) is 0 Å². The van der Waals surface area contributed by atoms with Crippen molar-refractivity contribution in [3.8, 4) is 0 Å². The molecule has 0 spiro atoms. The lowest BCUT2D eigenvalue weighted by atomic mass is 10.1. The van der Waals surface area contributed by atoms with Crippen molar-refractivity contribution >= 4 is 32.7 Å². The normalized spacial score (nSPS) is 11.2. The number of nitrogens with zero attached hydrogens (tertiary/aromatic N) is 1. The minimum absolute atomic E-state index is 0.00970. The van der Waals surface area contributed by atoms with Crippen molar-refractivity contribution < 1.29 is 4.79 Å². The molecule has 0 fully saturated rings. The molecule has 0 bridgehead atoms. The largest absolute Gasteiger partial charge is 0.350 e. The van der Waals surface area contributed by atoms with Crippen molar-refractivity contribution in [1.82, 2.24) is 9.88 Å². The second-order valence-electron chi connectivity index (χ2n) is 4.62. The van der Waals surface area contributed by atoms with Crippen LogP contribution in [0.3, 0.4) is 0 Å². The Kier molecular flexibility index (Phi) is 3.76. The maximum Gasteiger partial charge on any atom is 0.253 e. The number of carbonyl (C=O) groups is 1. The molecule has 1 N–H and O–H groups in total. The highest BCUT2D eigenvalue weighted by molar-refractivity contribution is 9.10. The van der Waals surface area contributed by atoms with Gasteiger partial charge in [0.05, 0.1) is 5.56 Å². The Balaban J connectivity index is 2.55. The number of amides is 1. The summed E-state index contributed by atoms with van der Waals surface area (Å²) in [6, 6.07) is 6.15. The van der Waals surface area contributed by atoms with Crippen LogP contribution in [0.25, 0.3) is 10.9 Å². The van der Waals surface area contributed by atoms with E-state index in [-0.39, 0.29) is 11.9 Å². The minimum atomic E-state index is -0.00970. The van der Waals surface area contributed by atoms with Crippen LogP contribution in [0.15, 0.2) is 28.9 Å². The molecule has 0 saturated heterocycles. The average Bonchev–Trinajstić information content (AvgIpc) is 2.66. The highest BCUT2D eigenvalue weighted by Crippen LogP contribution is 2.25. The number of nitrogens with one attached hydrogen (secondary N) is 1. The Morgan fingerprint density at radius 2 is 2.17 bits per heavy atom. The zero-order valence-electron chi connectivity index (χ0n) is 10.8. The van der Waals surface area contributed by atoms with E-state index in [0.29, 0.717) is 0 Å². The maximum atomic E-state index is 12.1. The molecule has 4 heteroatoms. The van der Waals surface area contributed by atoms with Gasteiger partial charge in [-0.15, -0.1) is 0 Å². The fourth-order valence-electron chi connectivity index (χ4n) is 2.05. The number of hydrogen-bond donors (Lipinski definition) is 1. The van der Waals surface area contributed by atoms with Crippen molar-refractivity contribution in [2.45, 2.75) is 33.4 Å². The number of benzene rings is 1. The molecular formula is C14H17BrN2O. The second kappa shape index (κ2) is 5.14. The number of aromatic nitrogens is 1. The van der Waals surface area contributed by atoms with Gasteiger partial charge in [-0.3, -0.25) is 4.79 Å². The van der Waals surface area contributed by atoms with Crippen molar-refractivity contribution in [2.75, 3.05) is 0 Å². The third kappa shape index (κ3) is 2.43. The van der Waals surface area contributed by atoms with Crippen LogP contribution in [0.4, 0.5) is 0 Å². The van der Waals surface area contributed by atoms with Gasteiger partial charge >= 0.3 is 0 Å². The summed E-state index contributed by atoms with van der Waals surface area (Å²) in [5, 5.41) is 3.94. The summed E-state index contributed by atoms with van der Waals surface area (Å²) in [4.78, 5) is 12.1. The van der Waals surface area contributed by atoms with E-state index in [1.165, 1.54) is 0 Å². The molecule has 2 aromatic rings. The van der Waals surface area contributed by atoms with Gasteiger partial charge < -0.3 is 9.88 Å². The van der Waals surface area contributed by atoms with Crippen LogP contribution in [0.5, 0.6) is 0 Å². The zero-order valence-corrected chi connectivity index (χ0v) is 12.4. The fraction of sp³-hybridized carbons (Fsp3) is 0.357. The van der Waals surface area contributed by atoms with E-state index >= 15 is 0 Å². The van der Waals surface area contributed by atoms with Gasteiger partial charge in [-0.2, -0.15) is 0 Å². The van der Waals surface area contributed by atoms with Crippen molar-refractivity contribution in [3.63, 3.8) is 0 Å². The standard InChI is InChI=1S/C14H17BrN2O/c1-4-17-8-12(14(18)16-9(2)3)11-6-5-10(15)7-13(11)17/h5-9H,4H2,1-3H3,(H,16,18). The third-order valence-corrected chi connectivity index (χ3v) is 3.34. The molecule has 1 aromatic carbocycles. The van der Waals surface area contributed by atoms with Crippen molar-refractivity contribution in [2.24, 2.45) is 0 Å². The molecule has 0 aliphatic rings. The lowest BCUT2D eigenvalue weighted by Gasteiger charge is -2.06. The van der Waals surface area contributed by atoms with Crippen molar-refractivity contribution in [1.29, 1.82) is 0 Å². The molecule has 0 radical (unpaired) electrons. The molecule has 2 rings (SSSR count). The van der Waals surface area contributed by atoms with E-state index < -0.39 is 0 Å². The first-order valence-corrected chi connectivity index (χ1v) is 6.91. The molecule has 1 heterocycles. The minimum Gasteiger partial charge on any atom is -0.350 e. The Bertz CT molecular complexity index is 587. The van der Waals surface area contributed by atoms with Crippen LogP contribution >= 0.6 is 15.9 Å². The van der Waals surface area contributed by atoms with Gasteiger partial charge in [-0.25, -0.2) is 0 Å². The van der Waals surface area contributed by atoms with Gasteiger partial charge in [-0.1, -0.05) is 22.0 Å². The molecule has 0 atom stereocenters. The van der Waals surface area contributed by atoms with Crippen LogP contribution in [-0.2, 0) is 6.54 Å². The number of halogens is 1. The number of rotatable bonds is 3. The zero-order chi connectivity index (χ0) is 13.3. The van der Waals surface area contributed by atoms with Gasteiger partial charge in [-0.05, 0) is 32.9 Å². The SMILES string of the molecule is CCn1cc(C(=O)NC(C)C)c2ccc(Br)cc21. The molecule has 0 aliphatic carbocycles. The summed E-state index contributed by atoms with van der Waals surface area (Å²) in [6.07, 6.45) is 1.93. The van der Waals surface area contributed by atoms with Gasteiger partial charge in [0.1, 0.15) is 0 Å². The summed E-state index contributed by atoms with van der Waals surface area (Å²) >= 11 is 3.47. The number of aryl methyl sites for hydroxylation is 1. The Morgan fingerprint density at radius 3 is 2.78 bits per heavy atom. The number of carbonyl (C=O) groups excluding carboxylic acids is 1. The van der Waals surface area contributed by atoms with Gasteiger partial charge in [0.2, 0.25) is 0 Å². The molecule has 96 valence electrons. The van der Waals surface area contributed by atoms with Crippen LogP contribution < -0.4 is 5.32 Å². The molecule has 0 unspecified atom stereocenters. The molecular weight excluding hydrogens is 292 g/mol. The van der Waals surface area contributed by atoms with Gasteiger partial charge in [0.25, 0.3) is 5.91 Å². The van der Waals surface area contributed by atoms with Crippen LogP contribution in [0, 0.1) is 0 Å². The van der Waals surface area contributed by atoms with E-state index in [9.17, 15) is 4.79 Å². The topological polar surface area (TPSA) is 34.0 Å². The Morgan fingerprint density at radius 1 is 1.44 bits per heavy atom. The molecule has 0 saturated carbocycles. The van der Waals surface area contributed by atoms with Crippen LogP contribution in [-0.4, -0.2) is 16.5 Å². The first kappa shape index (κ1) is 13.1. The summed E-state index contributed by atoms with van der Waals surface area (Å²) < 4.78 is 3.12. The Labute approximate surface area is 115 Å². The quantitative estimate of drug-likeness (QED) is 0.924. The van der Waals surface area contributed by atoms with Crippen LogP contribution in [0.1, 0.15) is 31.1 Å². The predicted octanol–water partition coefficient (Wildman–Crippen LogP) is 3.56. The fourth-order valence-corrected chi connectivity index (χ4v) is 2.40. The van der Waals surface area contributed by atoms with E-state index in [0.717, 1.165) is 27.5 Å². The van der Waals surface area contributed by atoms with Gasteiger partial charge in [0, 0.05) is 34.2 Å². The third-order valence-electron chi connectivity index (χ3n) is 2.85. The van der Waals surface area contributed by atoms with E-state index in [1.807, 2.05) is 38.2 Å². The average molecular weight is 309 g/mol. The highest BCUT2D eigenvalue weighted by atomic mass is 79.9. The summed E-state index contributed by atoms with van der Waals surface area (Å²) in [7, 11) is 0. The number of fused-ring (bicyclic) bond motifs is 1. The molecule has 1 aromatic heterocycles. The molecule has 1 amide bonds. The first-order chi connectivity index (χ1) is 8.52. The number of hydrogen-bond acceptors (Lipinski definition) is 1. The first-order valence-electron chi connectivity index (χ1n) is 6.12. The van der Waals surface area contributed by atoms with Crippen LogP contribution in [0.2, 0.25) is 0 Å². The van der Waals surface area contributed by atoms with Gasteiger partial charge in [0.15, 0.2) is 0 Å². The predicted molar refractivity (Wildman–Crippen MR) is 77.9 cm³/mol. The van der Waals surface area contributed by atoms with E-state index in [2.05, 4.69) is 32.7 Å². The summed E-state index contributed by atoms with van der Waals surface area (Å²) in [5.41, 5.74) is 1.83. The highest BCUT2D eigenvalue weighted by Gasteiger charge is 2.15. The second-order valence-corrected chi connectivity index (χ2v) is 5.53. The molecule has 18 heavy (non-hydrogen) atoms. The monoisotopic (exact) mass is 308 g/mol. The maximum absolute atomic E-state index is 12.1. The lowest BCUT2D eigenvalue weighted by molar-refractivity contribution is 0.0944. The summed E-state index contributed by atoms with van der Waals surface area (Å²) in [6.45, 7) is 6.85. The van der Waals surface area contributed by atoms with Crippen molar-refractivity contribution in [3.05, 3.63) is 34.4 Å².